The second kappa shape index (κ2) is 12.3. The number of nitrogens with zero attached hydrogens (tertiary/aromatic N) is 3. The van der Waals surface area contributed by atoms with Gasteiger partial charge in [-0.3, -0.25) is 9.79 Å². The highest BCUT2D eigenvalue weighted by atomic mass is 127. The molecule has 148 valence electrons. The van der Waals surface area contributed by atoms with Crippen molar-refractivity contribution in [3.8, 4) is 0 Å². The number of thiazole rings is 1. The van der Waals surface area contributed by atoms with Crippen LogP contribution >= 0.6 is 51.2 Å². The van der Waals surface area contributed by atoms with E-state index < -0.39 is 0 Å². The predicted molar refractivity (Wildman–Crippen MR) is 126 cm³/mol. The maximum absolute atomic E-state index is 12.1. The Labute approximate surface area is 190 Å². The van der Waals surface area contributed by atoms with Crippen LogP contribution in [0.1, 0.15) is 27.9 Å². The summed E-state index contributed by atoms with van der Waals surface area (Å²) >= 11 is 4.93. The van der Waals surface area contributed by atoms with Gasteiger partial charge in [-0.2, -0.15) is 0 Å². The van der Waals surface area contributed by atoms with E-state index in [1.54, 1.807) is 5.51 Å². The molecule has 0 bridgehead atoms. The van der Waals surface area contributed by atoms with Gasteiger partial charge in [-0.25, -0.2) is 4.98 Å². The third kappa shape index (κ3) is 7.38. The number of aliphatic imine (C=N–C) groups is 1. The molecule has 1 heterocycles. The first-order valence-electron chi connectivity index (χ1n) is 8.44. The Bertz CT molecular complexity index is 768. The third-order valence-electron chi connectivity index (χ3n) is 3.67. The molecular formula is C18H25BrIN5OS. The lowest BCUT2D eigenvalue weighted by molar-refractivity contribution is 0.0958. The SMILES string of the molecule is CCNC(=NCCNC(=O)c1scnc1C)N(C)Cc1ccccc1Br.I. The minimum absolute atomic E-state index is 0. The maximum Gasteiger partial charge on any atom is 0.263 e. The first-order chi connectivity index (χ1) is 12.5. The lowest BCUT2D eigenvalue weighted by Crippen LogP contribution is -2.39. The second-order valence-electron chi connectivity index (χ2n) is 5.71. The van der Waals surface area contributed by atoms with Crippen molar-refractivity contribution in [1.29, 1.82) is 0 Å². The molecule has 2 aromatic rings. The first kappa shape index (κ1) is 23.8. The number of carbonyl (C=O) groups is 1. The second-order valence-corrected chi connectivity index (χ2v) is 7.42. The zero-order valence-corrected chi connectivity index (χ0v) is 20.4. The smallest absolute Gasteiger partial charge is 0.263 e. The standard InChI is InChI=1S/C18H24BrN5OS.HI/c1-4-20-18(24(3)11-14-7-5-6-8-15(14)19)22-10-9-21-17(25)16-13(2)23-12-26-16;/h5-8,12H,4,9-11H2,1-3H3,(H,20,22)(H,21,25);1H. The monoisotopic (exact) mass is 565 g/mol. The van der Waals surface area contributed by atoms with Gasteiger partial charge < -0.3 is 15.5 Å². The molecule has 0 unspecified atom stereocenters. The van der Waals surface area contributed by atoms with Gasteiger partial charge in [0.15, 0.2) is 5.96 Å². The minimum atomic E-state index is -0.0910. The first-order valence-corrected chi connectivity index (χ1v) is 10.1. The van der Waals surface area contributed by atoms with E-state index in [9.17, 15) is 4.79 Å². The van der Waals surface area contributed by atoms with E-state index in [0.717, 1.165) is 29.2 Å². The molecular weight excluding hydrogens is 541 g/mol. The van der Waals surface area contributed by atoms with Crippen LogP contribution in [0.25, 0.3) is 0 Å². The summed E-state index contributed by atoms with van der Waals surface area (Å²) in [6.45, 7) is 6.38. The number of halogens is 2. The molecule has 9 heteroatoms. The number of carbonyl (C=O) groups excluding carboxylic acids is 1. The summed E-state index contributed by atoms with van der Waals surface area (Å²) in [7, 11) is 2.00. The summed E-state index contributed by atoms with van der Waals surface area (Å²) < 4.78 is 1.08. The Balaban J connectivity index is 0.00000364. The highest BCUT2D eigenvalue weighted by Crippen LogP contribution is 2.17. The summed E-state index contributed by atoms with van der Waals surface area (Å²) in [6.07, 6.45) is 0. The van der Waals surface area contributed by atoms with Crippen molar-refractivity contribution in [2.24, 2.45) is 4.99 Å². The summed E-state index contributed by atoms with van der Waals surface area (Å²) in [5.74, 6) is 0.721. The van der Waals surface area contributed by atoms with Crippen molar-refractivity contribution in [2.75, 3.05) is 26.7 Å². The van der Waals surface area contributed by atoms with E-state index in [2.05, 4.69) is 47.5 Å². The van der Waals surface area contributed by atoms with Crippen LogP contribution in [-0.4, -0.2) is 48.4 Å². The molecule has 0 aliphatic carbocycles. The van der Waals surface area contributed by atoms with Gasteiger partial charge in [0.1, 0.15) is 4.88 Å². The molecule has 0 radical (unpaired) electrons. The van der Waals surface area contributed by atoms with Crippen molar-refractivity contribution >= 4 is 63.1 Å². The maximum atomic E-state index is 12.1. The Kier molecular flexibility index (Phi) is 10.9. The summed E-state index contributed by atoms with van der Waals surface area (Å²) in [5, 5.41) is 6.18. The van der Waals surface area contributed by atoms with E-state index >= 15 is 0 Å². The number of amides is 1. The fourth-order valence-corrected chi connectivity index (χ4v) is 3.49. The van der Waals surface area contributed by atoms with Gasteiger partial charge in [-0.05, 0) is 25.5 Å². The van der Waals surface area contributed by atoms with Crippen LogP contribution in [0.3, 0.4) is 0 Å². The Morgan fingerprint density at radius 1 is 1.33 bits per heavy atom. The number of nitrogens with one attached hydrogen (secondary N) is 2. The van der Waals surface area contributed by atoms with Gasteiger partial charge in [0.2, 0.25) is 0 Å². The average molecular weight is 566 g/mol. The average Bonchev–Trinajstić information content (AvgIpc) is 3.05. The van der Waals surface area contributed by atoms with Crippen molar-refractivity contribution < 1.29 is 4.79 Å². The van der Waals surface area contributed by atoms with Crippen molar-refractivity contribution in [3.63, 3.8) is 0 Å². The van der Waals surface area contributed by atoms with E-state index in [0.29, 0.717) is 18.0 Å². The molecule has 0 aliphatic rings. The van der Waals surface area contributed by atoms with Crippen molar-refractivity contribution in [3.05, 3.63) is 50.4 Å². The molecule has 6 nitrogen and oxygen atoms in total. The number of hydrogen-bond acceptors (Lipinski definition) is 4. The summed E-state index contributed by atoms with van der Waals surface area (Å²) in [6, 6.07) is 8.14. The minimum Gasteiger partial charge on any atom is -0.357 e. The molecule has 2 rings (SSSR count). The Morgan fingerprint density at radius 3 is 2.70 bits per heavy atom. The Hall–Kier alpha value is -1.20. The number of hydrogen-bond donors (Lipinski definition) is 2. The number of rotatable bonds is 7. The molecule has 0 saturated heterocycles. The molecule has 1 aromatic carbocycles. The van der Waals surface area contributed by atoms with E-state index in [1.165, 1.54) is 16.9 Å². The fraction of sp³-hybridized carbons (Fsp3) is 0.389. The van der Waals surface area contributed by atoms with Crippen LogP contribution in [0.5, 0.6) is 0 Å². The van der Waals surface area contributed by atoms with E-state index in [-0.39, 0.29) is 29.9 Å². The zero-order valence-electron chi connectivity index (χ0n) is 15.7. The van der Waals surface area contributed by atoms with Gasteiger partial charge in [0, 0.05) is 31.2 Å². The largest absolute Gasteiger partial charge is 0.357 e. The van der Waals surface area contributed by atoms with Crippen LogP contribution in [0.2, 0.25) is 0 Å². The topological polar surface area (TPSA) is 69.6 Å². The lowest BCUT2D eigenvalue weighted by atomic mass is 10.2. The molecule has 0 atom stereocenters. The zero-order chi connectivity index (χ0) is 18.9. The summed E-state index contributed by atoms with van der Waals surface area (Å²) in [4.78, 5) is 23.5. The van der Waals surface area contributed by atoms with Crippen molar-refractivity contribution in [2.45, 2.75) is 20.4 Å². The van der Waals surface area contributed by atoms with Gasteiger partial charge in [-0.15, -0.1) is 35.3 Å². The number of aromatic nitrogens is 1. The lowest BCUT2D eigenvalue weighted by Gasteiger charge is -2.22. The highest BCUT2D eigenvalue weighted by molar-refractivity contribution is 14.0. The normalized spacial score (nSPS) is 10.9. The molecule has 0 spiro atoms. The van der Waals surface area contributed by atoms with E-state index in [4.69, 9.17) is 0 Å². The van der Waals surface area contributed by atoms with Crippen LogP contribution in [0.4, 0.5) is 0 Å². The van der Waals surface area contributed by atoms with E-state index in [1.807, 2.05) is 39.1 Å². The predicted octanol–water partition coefficient (Wildman–Crippen LogP) is 3.66. The number of guanidine groups is 1. The van der Waals surface area contributed by atoms with Gasteiger partial charge in [0.05, 0.1) is 17.7 Å². The van der Waals surface area contributed by atoms with Crippen LogP contribution < -0.4 is 10.6 Å². The van der Waals surface area contributed by atoms with Crippen LogP contribution in [0.15, 0.2) is 39.2 Å². The molecule has 0 aliphatic heterocycles. The number of aryl methyl sites for hydroxylation is 1. The molecule has 1 amide bonds. The van der Waals surface area contributed by atoms with Crippen LogP contribution in [0, 0.1) is 6.92 Å². The Morgan fingerprint density at radius 2 is 2.07 bits per heavy atom. The highest BCUT2D eigenvalue weighted by Gasteiger charge is 2.11. The van der Waals surface area contributed by atoms with Gasteiger partial charge >= 0.3 is 0 Å². The van der Waals surface area contributed by atoms with Crippen LogP contribution in [-0.2, 0) is 6.54 Å². The molecule has 0 fully saturated rings. The molecule has 1 aromatic heterocycles. The molecule has 2 N–H and O–H groups in total. The third-order valence-corrected chi connectivity index (χ3v) is 5.37. The fourth-order valence-electron chi connectivity index (χ4n) is 2.36. The molecule has 27 heavy (non-hydrogen) atoms. The van der Waals surface area contributed by atoms with Crippen molar-refractivity contribution in [1.82, 2.24) is 20.5 Å². The summed E-state index contributed by atoms with van der Waals surface area (Å²) in [5.41, 5.74) is 3.63. The number of benzene rings is 1. The molecule has 0 saturated carbocycles. The van der Waals surface area contributed by atoms with Gasteiger partial charge in [0.25, 0.3) is 5.91 Å². The quantitative estimate of drug-likeness (QED) is 0.233. The van der Waals surface area contributed by atoms with Gasteiger partial charge in [-0.1, -0.05) is 34.1 Å².